The van der Waals surface area contributed by atoms with Gasteiger partial charge in [-0.1, -0.05) is 12.1 Å². The first kappa shape index (κ1) is 22.8. The summed E-state index contributed by atoms with van der Waals surface area (Å²) in [6.07, 6.45) is 0. The Balaban J connectivity index is 0.00000364. The smallest absolute Gasteiger partial charge is 0.189 e. The van der Waals surface area contributed by atoms with E-state index >= 15 is 0 Å². The van der Waals surface area contributed by atoms with Crippen LogP contribution in [0.3, 0.4) is 0 Å². The Hall–Kier alpha value is -2.23. The summed E-state index contributed by atoms with van der Waals surface area (Å²) in [5.74, 6) is 1.33. The Morgan fingerprint density at radius 2 is 1.74 bits per heavy atom. The first-order chi connectivity index (χ1) is 12.4. The maximum absolute atomic E-state index is 14.0. The van der Waals surface area contributed by atoms with Gasteiger partial charge in [0.05, 0.1) is 26.5 Å². The van der Waals surface area contributed by atoms with Crippen molar-refractivity contribution in [1.29, 1.82) is 0 Å². The third kappa shape index (κ3) is 6.46. The van der Waals surface area contributed by atoms with Crippen molar-refractivity contribution in [3.05, 3.63) is 53.3 Å². The molecule has 0 amide bonds. The van der Waals surface area contributed by atoms with Crippen LogP contribution in [0.2, 0.25) is 0 Å². The van der Waals surface area contributed by atoms with Crippen molar-refractivity contribution >= 4 is 35.6 Å². The highest BCUT2D eigenvalue weighted by atomic mass is 127. The number of benzene rings is 2. The molecule has 8 heteroatoms. The Kier molecular flexibility index (Phi) is 9.13. The predicted molar refractivity (Wildman–Crippen MR) is 118 cm³/mol. The molecule has 0 atom stereocenters. The lowest BCUT2D eigenvalue weighted by Crippen LogP contribution is -2.31. The summed E-state index contributed by atoms with van der Waals surface area (Å²) < 4.78 is 24.5. The van der Waals surface area contributed by atoms with E-state index in [4.69, 9.17) is 15.2 Å². The van der Waals surface area contributed by atoms with Crippen molar-refractivity contribution in [3.8, 4) is 11.5 Å². The maximum atomic E-state index is 14.0. The summed E-state index contributed by atoms with van der Waals surface area (Å²) in [6, 6.07) is 10.7. The lowest BCUT2D eigenvalue weighted by Gasteiger charge is -2.14. The van der Waals surface area contributed by atoms with Crippen LogP contribution in [0.5, 0.6) is 11.5 Å². The minimum atomic E-state index is -0.278. The van der Waals surface area contributed by atoms with Gasteiger partial charge < -0.3 is 25.4 Å². The van der Waals surface area contributed by atoms with Crippen molar-refractivity contribution < 1.29 is 13.9 Å². The van der Waals surface area contributed by atoms with Crippen LogP contribution in [-0.2, 0) is 13.1 Å². The highest BCUT2D eigenvalue weighted by molar-refractivity contribution is 14.0. The van der Waals surface area contributed by atoms with Crippen LogP contribution >= 0.6 is 24.0 Å². The van der Waals surface area contributed by atoms with Crippen LogP contribution < -0.4 is 25.4 Å². The molecule has 0 spiro atoms. The molecular weight excluding hydrogens is 462 g/mol. The van der Waals surface area contributed by atoms with E-state index in [2.05, 4.69) is 10.3 Å². The molecule has 148 valence electrons. The number of guanidine groups is 1. The number of rotatable bonds is 7. The van der Waals surface area contributed by atoms with Crippen LogP contribution in [0.1, 0.15) is 11.1 Å². The Morgan fingerprint density at radius 1 is 1.07 bits per heavy atom. The van der Waals surface area contributed by atoms with Gasteiger partial charge in [0.25, 0.3) is 0 Å². The Labute approximate surface area is 176 Å². The standard InChI is InChI=1S/C19H25FN4O2.HI/c1-24(2)16-7-5-13(9-15(16)20)11-22-19(21)23-12-14-6-8-17(25-3)18(10-14)26-4;/h5-10H,11-12H2,1-4H3,(H3,21,22,23);1H. The number of methoxy groups -OCH3 is 2. The molecule has 0 aliphatic heterocycles. The number of hydrogen-bond acceptors (Lipinski definition) is 4. The fourth-order valence-corrected chi connectivity index (χ4v) is 2.43. The van der Waals surface area contributed by atoms with E-state index in [1.807, 2.05) is 24.3 Å². The number of aliphatic imine (C=N–C) groups is 1. The van der Waals surface area contributed by atoms with Gasteiger partial charge in [0.15, 0.2) is 17.5 Å². The molecule has 27 heavy (non-hydrogen) atoms. The molecule has 0 aliphatic carbocycles. The minimum absolute atomic E-state index is 0. The molecule has 0 unspecified atom stereocenters. The molecule has 0 fully saturated rings. The molecule has 0 heterocycles. The van der Waals surface area contributed by atoms with Gasteiger partial charge in [-0.2, -0.15) is 0 Å². The van der Waals surface area contributed by atoms with Crippen molar-refractivity contribution in [1.82, 2.24) is 5.32 Å². The summed E-state index contributed by atoms with van der Waals surface area (Å²) in [5.41, 5.74) is 8.16. The van der Waals surface area contributed by atoms with E-state index in [0.717, 1.165) is 11.1 Å². The van der Waals surface area contributed by atoms with E-state index < -0.39 is 0 Å². The molecule has 0 aliphatic rings. The SMILES string of the molecule is COc1ccc(CNC(N)=NCc2ccc(N(C)C)c(F)c2)cc1OC.I. The molecule has 0 saturated heterocycles. The predicted octanol–water partition coefficient (Wildman–Crippen LogP) is 3.13. The molecule has 0 saturated carbocycles. The fraction of sp³-hybridized carbons (Fsp3) is 0.316. The van der Waals surface area contributed by atoms with Gasteiger partial charge in [-0.25, -0.2) is 9.38 Å². The summed E-state index contributed by atoms with van der Waals surface area (Å²) in [7, 11) is 6.78. The lowest BCUT2D eigenvalue weighted by atomic mass is 10.2. The Morgan fingerprint density at radius 3 is 2.33 bits per heavy atom. The van der Waals surface area contributed by atoms with Crippen LogP contribution in [0, 0.1) is 5.82 Å². The molecule has 0 bridgehead atoms. The fourth-order valence-electron chi connectivity index (χ4n) is 2.43. The summed E-state index contributed by atoms with van der Waals surface area (Å²) in [6.45, 7) is 0.791. The number of halogens is 2. The largest absolute Gasteiger partial charge is 0.493 e. The number of nitrogens with zero attached hydrogens (tertiary/aromatic N) is 2. The van der Waals surface area contributed by atoms with Gasteiger partial charge >= 0.3 is 0 Å². The van der Waals surface area contributed by atoms with Gasteiger partial charge in [0.2, 0.25) is 0 Å². The third-order valence-electron chi connectivity index (χ3n) is 3.85. The molecule has 2 aromatic carbocycles. The second-order valence-corrected chi connectivity index (χ2v) is 5.92. The van der Waals surface area contributed by atoms with Crippen LogP contribution in [0.4, 0.5) is 10.1 Å². The zero-order valence-corrected chi connectivity index (χ0v) is 18.3. The first-order valence-electron chi connectivity index (χ1n) is 8.15. The van der Waals surface area contributed by atoms with Crippen LogP contribution in [0.15, 0.2) is 41.4 Å². The zero-order chi connectivity index (χ0) is 19.1. The van der Waals surface area contributed by atoms with Gasteiger partial charge in [0, 0.05) is 20.6 Å². The summed E-state index contributed by atoms with van der Waals surface area (Å²) in [4.78, 5) is 5.97. The molecule has 0 radical (unpaired) electrons. The van der Waals surface area contributed by atoms with Crippen molar-refractivity contribution in [2.75, 3.05) is 33.2 Å². The van der Waals surface area contributed by atoms with Crippen molar-refractivity contribution in [3.63, 3.8) is 0 Å². The number of anilines is 1. The lowest BCUT2D eigenvalue weighted by molar-refractivity contribution is 0.354. The van der Waals surface area contributed by atoms with Crippen molar-refractivity contribution in [2.45, 2.75) is 13.1 Å². The first-order valence-corrected chi connectivity index (χ1v) is 8.15. The molecule has 2 aromatic rings. The molecular formula is C19H26FIN4O2. The van der Waals surface area contributed by atoms with E-state index in [9.17, 15) is 4.39 Å². The average molecular weight is 488 g/mol. The normalized spacial score (nSPS) is 10.8. The van der Waals surface area contributed by atoms with E-state index in [-0.39, 0.29) is 35.8 Å². The van der Waals surface area contributed by atoms with Gasteiger partial charge in [0.1, 0.15) is 5.82 Å². The summed E-state index contributed by atoms with van der Waals surface area (Å²) in [5, 5.41) is 3.03. The quantitative estimate of drug-likeness (QED) is 0.356. The molecule has 6 nitrogen and oxygen atoms in total. The zero-order valence-electron chi connectivity index (χ0n) is 16.0. The minimum Gasteiger partial charge on any atom is -0.493 e. The second kappa shape index (κ2) is 10.8. The van der Waals surface area contributed by atoms with E-state index in [1.54, 1.807) is 39.3 Å². The van der Waals surface area contributed by atoms with Crippen molar-refractivity contribution in [2.24, 2.45) is 10.7 Å². The highest BCUT2D eigenvalue weighted by Gasteiger charge is 2.06. The molecule has 3 N–H and O–H groups in total. The van der Waals surface area contributed by atoms with Gasteiger partial charge in [-0.3, -0.25) is 0 Å². The van der Waals surface area contributed by atoms with Gasteiger partial charge in [-0.15, -0.1) is 24.0 Å². The van der Waals surface area contributed by atoms with Gasteiger partial charge in [-0.05, 0) is 35.4 Å². The third-order valence-corrected chi connectivity index (χ3v) is 3.85. The highest BCUT2D eigenvalue weighted by Crippen LogP contribution is 2.27. The number of hydrogen-bond donors (Lipinski definition) is 2. The summed E-state index contributed by atoms with van der Waals surface area (Å²) >= 11 is 0. The van der Waals surface area contributed by atoms with E-state index in [0.29, 0.717) is 30.3 Å². The van der Waals surface area contributed by atoms with E-state index in [1.165, 1.54) is 6.07 Å². The number of ether oxygens (including phenoxy) is 2. The average Bonchev–Trinajstić information content (AvgIpc) is 2.64. The molecule has 2 rings (SSSR count). The second-order valence-electron chi connectivity index (χ2n) is 5.92. The number of nitrogens with one attached hydrogen (secondary N) is 1. The topological polar surface area (TPSA) is 72.1 Å². The monoisotopic (exact) mass is 488 g/mol. The maximum Gasteiger partial charge on any atom is 0.189 e. The number of nitrogens with two attached hydrogens (primary N) is 1. The van der Waals surface area contributed by atoms with Crippen LogP contribution in [-0.4, -0.2) is 34.3 Å². The Bertz CT molecular complexity index is 784. The molecule has 0 aromatic heterocycles. The van der Waals surface area contributed by atoms with Crippen LogP contribution in [0.25, 0.3) is 0 Å².